The Bertz CT molecular complexity index is 986. The topological polar surface area (TPSA) is 73.1 Å². The Morgan fingerprint density at radius 2 is 1.83 bits per heavy atom. The van der Waals surface area contributed by atoms with Crippen molar-refractivity contribution < 1.29 is 9.53 Å². The molecule has 1 aromatic heterocycles. The first kappa shape index (κ1) is 19.6. The van der Waals surface area contributed by atoms with Crippen LogP contribution >= 0.6 is 11.8 Å². The Hall–Kier alpha value is -2.71. The van der Waals surface area contributed by atoms with Crippen molar-refractivity contribution >= 4 is 17.7 Å². The van der Waals surface area contributed by atoms with Crippen LogP contribution in [0.1, 0.15) is 21.9 Å². The standard InChI is InChI=1S/C21H23N5O2S/c1-15-7-6-10-18(16(15)2)26-21(22-23-24-26)29-19(17-8-4-3-5-9-17)20(27)25-11-13-28-14-12-25/h3-10,19H,11-14H2,1-2H3/t19-/m1/s1. The number of thioether (sulfide) groups is 1. The number of ether oxygens (including phenoxy) is 1. The molecule has 4 rings (SSSR count). The molecule has 0 saturated carbocycles. The van der Waals surface area contributed by atoms with Crippen LogP contribution in [0, 0.1) is 13.8 Å². The molecule has 0 radical (unpaired) electrons. The molecule has 1 aliphatic heterocycles. The minimum atomic E-state index is -0.427. The van der Waals surface area contributed by atoms with E-state index < -0.39 is 5.25 Å². The summed E-state index contributed by atoms with van der Waals surface area (Å²) in [6, 6.07) is 15.8. The van der Waals surface area contributed by atoms with Gasteiger partial charge in [0, 0.05) is 13.1 Å². The Balaban J connectivity index is 1.68. The highest BCUT2D eigenvalue weighted by atomic mass is 32.2. The quantitative estimate of drug-likeness (QED) is 0.603. The number of hydrogen-bond donors (Lipinski definition) is 0. The third-order valence-electron chi connectivity index (χ3n) is 5.12. The summed E-state index contributed by atoms with van der Waals surface area (Å²) in [5, 5.41) is 12.5. The molecule has 0 N–H and O–H groups in total. The van der Waals surface area contributed by atoms with Gasteiger partial charge in [-0.15, -0.1) is 5.10 Å². The van der Waals surface area contributed by atoms with Gasteiger partial charge in [0.15, 0.2) is 0 Å². The van der Waals surface area contributed by atoms with Crippen LogP contribution in [0.15, 0.2) is 53.7 Å². The zero-order valence-electron chi connectivity index (χ0n) is 16.5. The first-order chi connectivity index (χ1) is 14.1. The molecule has 1 amide bonds. The molecule has 150 valence electrons. The number of nitrogens with zero attached hydrogens (tertiary/aromatic N) is 5. The molecule has 1 saturated heterocycles. The fourth-order valence-electron chi connectivity index (χ4n) is 3.31. The third kappa shape index (κ3) is 4.18. The van der Waals surface area contributed by atoms with Gasteiger partial charge in [0.05, 0.1) is 18.9 Å². The number of carbonyl (C=O) groups is 1. The molecule has 0 bridgehead atoms. The Morgan fingerprint density at radius 3 is 2.59 bits per heavy atom. The van der Waals surface area contributed by atoms with Gasteiger partial charge in [-0.05, 0) is 47.0 Å². The van der Waals surface area contributed by atoms with Crippen LogP contribution in [0.5, 0.6) is 0 Å². The summed E-state index contributed by atoms with van der Waals surface area (Å²) in [5.74, 6) is 0.0556. The van der Waals surface area contributed by atoms with Gasteiger partial charge < -0.3 is 9.64 Å². The molecule has 2 heterocycles. The summed E-state index contributed by atoms with van der Waals surface area (Å²) >= 11 is 1.38. The molecule has 7 nitrogen and oxygen atoms in total. The molecular formula is C21H23N5O2S. The van der Waals surface area contributed by atoms with Crippen LogP contribution in [0.3, 0.4) is 0 Å². The van der Waals surface area contributed by atoms with Gasteiger partial charge in [-0.25, -0.2) is 0 Å². The number of hydrogen-bond acceptors (Lipinski definition) is 6. The van der Waals surface area contributed by atoms with Crippen molar-refractivity contribution in [3.63, 3.8) is 0 Å². The van der Waals surface area contributed by atoms with E-state index in [0.29, 0.717) is 31.5 Å². The summed E-state index contributed by atoms with van der Waals surface area (Å²) in [5.41, 5.74) is 4.13. The van der Waals surface area contributed by atoms with Crippen molar-refractivity contribution in [2.24, 2.45) is 0 Å². The number of morpholine rings is 1. The minimum Gasteiger partial charge on any atom is -0.378 e. The van der Waals surface area contributed by atoms with E-state index in [2.05, 4.69) is 28.5 Å². The summed E-state index contributed by atoms with van der Waals surface area (Å²) in [7, 11) is 0. The van der Waals surface area contributed by atoms with Crippen LogP contribution in [-0.4, -0.2) is 57.3 Å². The number of benzene rings is 2. The molecule has 1 atom stereocenters. The summed E-state index contributed by atoms with van der Waals surface area (Å²) < 4.78 is 7.12. The van der Waals surface area contributed by atoms with Gasteiger partial charge in [-0.2, -0.15) is 4.68 Å². The highest BCUT2D eigenvalue weighted by Crippen LogP contribution is 2.36. The number of amides is 1. The fraction of sp³-hybridized carbons (Fsp3) is 0.333. The first-order valence-electron chi connectivity index (χ1n) is 9.58. The average molecular weight is 410 g/mol. The molecule has 8 heteroatoms. The minimum absolute atomic E-state index is 0.0556. The SMILES string of the molecule is Cc1cccc(-n2nnnc2S[C@@H](C(=O)N2CCOCC2)c2ccccc2)c1C. The van der Waals surface area contributed by atoms with Gasteiger partial charge >= 0.3 is 0 Å². The second-order valence-corrected chi connectivity index (χ2v) is 8.01. The van der Waals surface area contributed by atoms with Crippen LogP contribution in [0.25, 0.3) is 5.69 Å². The number of carbonyl (C=O) groups excluding carboxylic acids is 1. The summed E-state index contributed by atoms with van der Waals surface area (Å²) in [6.45, 7) is 6.45. The molecule has 0 aliphatic carbocycles. The van der Waals surface area contributed by atoms with Gasteiger partial charge in [0.25, 0.3) is 0 Å². The number of aryl methyl sites for hydroxylation is 1. The molecule has 0 spiro atoms. The zero-order valence-corrected chi connectivity index (χ0v) is 17.3. The maximum atomic E-state index is 13.4. The Labute approximate surface area is 174 Å². The van der Waals surface area contributed by atoms with Gasteiger partial charge in [-0.3, -0.25) is 4.79 Å². The molecule has 3 aromatic rings. The van der Waals surface area contributed by atoms with Crippen molar-refractivity contribution in [2.75, 3.05) is 26.3 Å². The highest BCUT2D eigenvalue weighted by Gasteiger charge is 2.30. The monoisotopic (exact) mass is 409 g/mol. The van der Waals surface area contributed by atoms with Crippen LogP contribution in [0.2, 0.25) is 0 Å². The van der Waals surface area contributed by atoms with E-state index in [1.54, 1.807) is 4.68 Å². The normalized spacial score (nSPS) is 15.3. The van der Waals surface area contributed by atoms with E-state index in [-0.39, 0.29) is 5.91 Å². The maximum absolute atomic E-state index is 13.4. The fourth-order valence-corrected chi connectivity index (χ4v) is 4.38. The lowest BCUT2D eigenvalue weighted by atomic mass is 10.1. The molecule has 2 aromatic carbocycles. The summed E-state index contributed by atoms with van der Waals surface area (Å²) in [4.78, 5) is 15.2. The summed E-state index contributed by atoms with van der Waals surface area (Å²) in [6.07, 6.45) is 0. The lowest BCUT2D eigenvalue weighted by Crippen LogP contribution is -2.42. The van der Waals surface area contributed by atoms with Crippen molar-refractivity contribution in [3.8, 4) is 5.69 Å². The molecular weight excluding hydrogens is 386 g/mol. The Kier molecular flexibility index (Phi) is 5.92. The lowest BCUT2D eigenvalue weighted by molar-refractivity contribution is -0.134. The van der Waals surface area contributed by atoms with Crippen molar-refractivity contribution in [3.05, 3.63) is 65.2 Å². The average Bonchev–Trinajstić information content (AvgIpc) is 3.23. The first-order valence-corrected chi connectivity index (χ1v) is 10.5. The van der Waals surface area contributed by atoms with E-state index in [1.165, 1.54) is 11.8 Å². The molecule has 1 aliphatic rings. The van der Waals surface area contributed by atoms with Crippen LogP contribution in [0.4, 0.5) is 0 Å². The third-order valence-corrected chi connectivity index (χ3v) is 6.29. The lowest BCUT2D eigenvalue weighted by Gasteiger charge is -2.30. The predicted octanol–water partition coefficient (Wildman–Crippen LogP) is 2.97. The van der Waals surface area contributed by atoms with Crippen molar-refractivity contribution in [1.29, 1.82) is 0 Å². The smallest absolute Gasteiger partial charge is 0.240 e. The van der Waals surface area contributed by atoms with Crippen molar-refractivity contribution in [2.45, 2.75) is 24.3 Å². The van der Waals surface area contributed by atoms with Crippen molar-refractivity contribution in [1.82, 2.24) is 25.1 Å². The van der Waals surface area contributed by atoms with E-state index in [4.69, 9.17) is 4.74 Å². The molecule has 29 heavy (non-hydrogen) atoms. The second kappa shape index (κ2) is 8.75. The van der Waals surface area contributed by atoms with Gasteiger partial charge in [0.2, 0.25) is 11.1 Å². The second-order valence-electron chi connectivity index (χ2n) is 6.94. The molecule has 0 unspecified atom stereocenters. The Morgan fingerprint density at radius 1 is 1.07 bits per heavy atom. The van der Waals surface area contributed by atoms with Gasteiger partial charge in [-0.1, -0.05) is 54.2 Å². The zero-order chi connectivity index (χ0) is 20.2. The van der Waals surface area contributed by atoms with E-state index in [9.17, 15) is 4.79 Å². The highest BCUT2D eigenvalue weighted by molar-refractivity contribution is 8.00. The van der Waals surface area contributed by atoms with Gasteiger partial charge in [0.1, 0.15) is 5.25 Å². The van der Waals surface area contributed by atoms with Crippen LogP contribution < -0.4 is 0 Å². The van der Waals surface area contributed by atoms with E-state index >= 15 is 0 Å². The maximum Gasteiger partial charge on any atom is 0.240 e. The predicted molar refractivity (Wildman–Crippen MR) is 111 cm³/mol. The number of tetrazole rings is 1. The van der Waals surface area contributed by atoms with Crippen LogP contribution in [-0.2, 0) is 9.53 Å². The van der Waals surface area contributed by atoms with E-state index in [1.807, 2.05) is 54.3 Å². The van der Waals surface area contributed by atoms with E-state index in [0.717, 1.165) is 22.4 Å². The number of aromatic nitrogens is 4. The number of rotatable bonds is 5. The molecule has 1 fully saturated rings. The largest absolute Gasteiger partial charge is 0.378 e.